The lowest BCUT2D eigenvalue weighted by Crippen LogP contribution is -2.35. The Kier molecular flexibility index (Phi) is 7.10. The monoisotopic (exact) mass is 266 g/mol. The van der Waals surface area contributed by atoms with Gasteiger partial charge in [0, 0.05) is 26.5 Å². The van der Waals surface area contributed by atoms with Crippen LogP contribution in [0.2, 0.25) is 0 Å². The summed E-state index contributed by atoms with van der Waals surface area (Å²) in [6.45, 7) is 1.13. The van der Waals surface area contributed by atoms with Gasteiger partial charge in [-0.1, -0.05) is 12.1 Å². The van der Waals surface area contributed by atoms with E-state index < -0.39 is 6.04 Å². The summed E-state index contributed by atoms with van der Waals surface area (Å²) in [6.07, 6.45) is 1.38. The van der Waals surface area contributed by atoms with Crippen LogP contribution >= 0.6 is 0 Å². The largest absolute Gasteiger partial charge is 0.385 e. The minimum Gasteiger partial charge on any atom is -0.385 e. The van der Waals surface area contributed by atoms with Gasteiger partial charge in [0.05, 0.1) is 12.6 Å². The zero-order chi connectivity index (χ0) is 14.1. The molecule has 0 saturated heterocycles. The maximum Gasteiger partial charge on any atom is 0.241 e. The van der Waals surface area contributed by atoms with Crippen molar-refractivity contribution in [2.75, 3.05) is 26.1 Å². The Labute approximate surface area is 114 Å². The number of amides is 1. The van der Waals surface area contributed by atoms with Crippen molar-refractivity contribution in [3.8, 4) is 0 Å². The molecule has 3 N–H and O–H groups in total. The van der Waals surface area contributed by atoms with Gasteiger partial charge in [0.15, 0.2) is 0 Å². The van der Waals surface area contributed by atoms with Crippen LogP contribution in [0.4, 0.5) is 5.69 Å². The van der Waals surface area contributed by atoms with Gasteiger partial charge in [0.25, 0.3) is 0 Å². The highest BCUT2D eigenvalue weighted by Crippen LogP contribution is 2.12. The second kappa shape index (κ2) is 8.63. The summed E-state index contributed by atoms with van der Waals surface area (Å²) in [5, 5.41) is 2.81. The minimum atomic E-state index is -0.513. The summed E-state index contributed by atoms with van der Waals surface area (Å²) in [7, 11) is 3.27. The van der Waals surface area contributed by atoms with Crippen molar-refractivity contribution in [1.82, 2.24) is 0 Å². The summed E-state index contributed by atoms with van der Waals surface area (Å²) < 4.78 is 9.98. The smallest absolute Gasteiger partial charge is 0.241 e. The fraction of sp³-hybridized carbons (Fsp3) is 0.500. The summed E-state index contributed by atoms with van der Waals surface area (Å²) in [5.41, 5.74) is 7.56. The number of nitrogens with one attached hydrogen (secondary N) is 1. The van der Waals surface area contributed by atoms with Crippen molar-refractivity contribution < 1.29 is 14.3 Å². The molecule has 0 heterocycles. The van der Waals surface area contributed by atoms with E-state index in [0.29, 0.717) is 19.6 Å². The minimum absolute atomic E-state index is 0.175. The van der Waals surface area contributed by atoms with Crippen LogP contribution in [0.1, 0.15) is 18.4 Å². The lowest BCUT2D eigenvalue weighted by atomic mass is 10.1. The number of carbonyl (C=O) groups is 1. The number of anilines is 1. The molecule has 0 saturated carbocycles. The Morgan fingerprint density at radius 1 is 1.37 bits per heavy atom. The molecular formula is C14H22N2O3. The SMILES string of the molecule is COCCCC(N)C(=O)Nc1cccc(COC)c1. The van der Waals surface area contributed by atoms with Crippen molar-refractivity contribution in [3.63, 3.8) is 0 Å². The van der Waals surface area contributed by atoms with E-state index in [1.165, 1.54) is 0 Å². The van der Waals surface area contributed by atoms with E-state index in [-0.39, 0.29) is 5.91 Å². The average molecular weight is 266 g/mol. The second-order valence-electron chi connectivity index (χ2n) is 4.36. The van der Waals surface area contributed by atoms with Gasteiger partial charge in [-0.3, -0.25) is 4.79 Å². The van der Waals surface area contributed by atoms with Crippen LogP contribution in [0, 0.1) is 0 Å². The highest BCUT2D eigenvalue weighted by Gasteiger charge is 2.13. The number of ether oxygens (including phenoxy) is 2. The van der Waals surface area contributed by atoms with Gasteiger partial charge >= 0.3 is 0 Å². The Morgan fingerprint density at radius 2 is 2.16 bits per heavy atom. The lowest BCUT2D eigenvalue weighted by molar-refractivity contribution is -0.117. The maximum atomic E-state index is 11.9. The highest BCUT2D eigenvalue weighted by molar-refractivity contribution is 5.94. The molecule has 1 amide bonds. The molecule has 1 unspecified atom stereocenters. The van der Waals surface area contributed by atoms with Gasteiger partial charge in [0.2, 0.25) is 5.91 Å². The molecule has 5 heteroatoms. The molecule has 1 aromatic carbocycles. The van der Waals surface area contributed by atoms with E-state index in [0.717, 1.165) is 17.7 Å². The van der Waals surface area contributed by atoms with Crippen LogP contribution in [0.25, 0.3) is 0 Å². The predicted octanol–water partition coefficient (Wildman–Crippen LogP) is 1.53. The molecule has 106 valence electrons. The van der Waals surface area contributed by atoms with Crippen LogP contribution in [0.15, 0.2) is 24.3 Å². The van der Waals surface area contributed by atoms with E-state index in [9.17, 15) is 4.79 Å². The lowest BCUT2D eigenvalue weighted by Gasteiger charge is -2.12. The second-order valence-corrected chi connectivity index (χ2v) is 4.36. The van der Waals surface area contributed by atoms with E-state index in [1.807, 2.05) is 24.3 Å². The van der Waals surface area contributed by atoms with Crippen molar-refractivity contribution in [2.45, 2.75) is 25.5 Å². The summed E-state index contributed by atoms with van der Waals surface area (Å²) in [4.78, 5) is 11.9. The van der Waals surface area contributed by atoms with Gasteiger partial charge in [-0.2, -0.15) is 0 Å². The number of hydrogen-bond acceptors (Lipinski definition) is 4. The molecule has 1 atom stereocenters. The quantitative estimate of drug-likeness (QED) is 0.700. The molecule has 0 aliphatic rings. The van der Waals surface area contributed by atoms with Gasteiger partial charge in [-0.25, -0.2) is 0 Å². The van der Waals surface area contributed by atoms with Gasteiger partial charge in [0.1, 0.15) is 0 Å². The van der Waals surface area contributed by atoms with Crippen molar-refractivity contribution in [1.29, 1.82) is 0 Å². The van der Waals surface area contributed by atoms with E-state index >= 15 is 0 Å². The predicted molar refractivity (Wildman–Crippen MR) is 74.9 cm³/mol. The molecule has 0 aromatic heterocycles. The number of benzene rings is 1. The van der Waals surface area contributed by atoms with Crippen LogP contribution < -0.4 is 11.1 Å². The van der Waals surface area contributed by atoms with E-state index in [2.05, 4.69) is 5.32 Å². The Hall–Kier alpha value is -1.43. The van der Waals surface area contributed by atoms with Crippen LogP contribution in [0.3, 0.4) is 0 Å². The molecule has 1 rings (SSSR count). The first kappa shape index (κ1) is 15.6. The van der Waals surface area contributed by atoms with Gasteiger partial charge < -0.3 is 20.5 Å². The molecule has 5 nitrogen and oxygen atoms in total. The van der Waals surface area contributed by atoms with E-state index in [4.69, 9.17) is 15.2 Å². The third-order valence-corrected chi connectivity index (χ3v) is 2.71. The normalized spacial score (nSPS) is 12.2. The first-order chi connectivity index (χ1) is 9.17. The number of carbonyl (C=O) groups excluding carboxylic acids is 1. The third-order valence-electron chi connectivity index (χ3n) is 2.71. The van der Waals surface area contributed by atoms with Crippen molar-refractivity contribution in [2.24, 2.45) is 5.73 Å². The fourth-order valence-corrected chi connectivity index (χ4v) is 1.72. The summed E-state index contributed by atoms with van der Waals surface area (Å²) >= 11 is 0. The first-order valence-corrected chi connectivity index (χ1v) is 6.30. The van der Waals surface area contributed by atoms with Crippen LogP contribution in [0.5, 0.6) is 0 Å². The fourth-order valence-electron chi connectivity index (χ4n) is 1.72. The van der Waals surface area contributed by atoms with E-state index in [1.54, 1.807) is 14.2 Å². The highest BCUT2D eigenvalue weighted by atomic mass is 16.5. The van der Waals surface area contributed by atoms with Gasteiger partial charge in [-0.05, 0) is 30.5 Å². The number of hydrogen-bond donors (Lipinski definition) is 2. The van der Waals surface area contributed by atoms with Crippen LogP contribution in [-0.2, 0) is 20.9 Å². The molecule has 1 aromatic rings. The molecule has 0 bridgehead atoms. The molecule has 0 aliphatic carbocycles. The molecular weight excluding hydrogens is 244 g/mol. The average Bonchev–Trinajstić information content (AvgIpc) is 2.39. The molecule has 0 fully saturated rings. The van der Waals surface area contributed by atoms with Crippen molar-refractivity contribution in [3.05, 3.63) is 29.8 Å². The Bertz CT molecular complexity index is 396. The maximum absolute atomic E-state index is 11.9. The number of nitrogens with two attached hydrogens (primary N) is 1. The Morgan fingerprint density at radius 3 is 2.84 bits per heavy atom. The first-order valence-electron chi connectivity index (χ1n) is 6.30. The molecule has 19 heavy (non-hydrogen) atoms. The molecule has 0 radical (unpaired) electrons. The molecule has 0 aliphatic heterocycles. The topological polar surface area (TPSA) is 73.6 Å². The summed E-state index contributed by atoms with van der Waals surface area (Å²) in [6, 6.07) is 7.02. The van der Waals surface area contributed by atoms with Crippen molar-refractivity contribution >= 4 is 11.6 Å². The van der Waals surface area contributed by atoms with Gasteiger partial charge in [-0.15, -0.1) is 0 Å². The zero-order valence-electron chi connectivity index (χ0n) is 11.5. The van der Waals surface area contributed by atoms with Crippen LogP contribution in [-0.4, -0.2) is 32.8 Å². The molecule has 0 spiro atoms. The Balaban J connectivity index is 2.48. The standard InChI is InChI=1S/C14H22N2O3/c1-18-8-4-7-13(15)14(17)16-12-6-3-5-11(9-12)10-19-2/h3,5-6,9,13H,4,7-8,10,15H2,1-2H3,(H,16,17). The zero-order valence-corrected chi connectivity index (χ0v) is 11.5. The third kappa shape index (κ3) is 5.83. The number of rotatable bonds is 8. The summed E-state index contributed by atoms with van der Waals surface area (Å²) in [5.74, 6) is -0.175. The number of methoxy groups -OCH3 is 2.